The topological polar surface area (TPSA) is 58.1 Å². The first kappa shape index (κ1) is 15.4. The van der Waals surface area contributed by atoms with Gasteiger partial charge in [0.15, 0.2) is 4.77 Å². The fraction of sp³-hybridized carbons (Fsp3) is 0.400. The molecular formula is C15H19N3O2S. The number of H-pyrrole nitrogens is 1. The molecule has 112 valence electrons. The maximum absolute atomic E-state index is 12.3. The van der Waals surface area contributed by atoms with E-state index in [1.807, 2.05) is 20.8 Å². The number of aromatic amines is 1. The van der Waals surface area contributed by atoms with E-state index in [0.29, 0.717) is 40.9 Å². The number of aromatic nitrogens is 2. The Kier molecular flexibility index (Phi) is 4.57. The van der Waals surface area contributed by atoms with E-state index in [4.69, 9.17) is 12.2 Å². The SMILES string of the molecule is CCN(CC)C(=O)c1ccc2c(=O)n(CC)c(=S)[nH]c2c1. The van der Waals surface area contributed by atoms with Gasteiger partial charge in [0.05, 0.1) is 10.9 Å². The van der Waals surface area contributed by atoms with Crippen LogP contribution in [0.5, 0.6) is 0 Å². The van der Waals surface area contributed by atoms with Crippen LogP contribution in [0.25, 0.3) is 10.9 Å². The van der Waals surface area contributed by atoms with Crippen LogP contribution >= 0.6 is 12.2 Å². The Labute approximate surface area is 128 Å². The number of fused-ring (bicyclic) bond motifs is 1. The summed E-state index contributed by atoms with van der Waals surface area (Å²) >= 11 is 5.18. The van der Waals surface area contributed by atoms with Crippen LogP contribution in [-0.4, -0.2) is 33.4 Å². The third-order valence-corrected chi connectivity index (χ3v) is 3.92. The minimum atomic E-state index is -0.127. The van der Waals surface area contributed by atoms with Crippen molar-refractivity contribution < 1.29 is 4.79 Å². The third-order valence-electron chi connectivity index (χ3n) is 3.60. The summed E-state index contributed by atoms with van der Waals surface area (Å²) in [6.07, 6.45) is 0. The molecule has 1 aromatic carbocycles. The second-order valence-electron chi connectivity index (χ2n) is 4.72. The Hall–Kier alpha value is -1.95. The van der Waals surface area contributed by atoms with Gasteiger partial charge < -0.3 is 9.88 Å². The second-order valence-corrected chi connectivity index (χ2v) is 5.10. The molecule has 1 aromatic heterocycles. The maximum atomic E-state index is 12.3. The van der Waals surface area contributed by atoms with Crippen molar-refractivity contribution >= 4 is 29.0 Å². The highest BCUT2D eigenvalue weighted by molar-refractivity contribution is 7.71. The van der Waals surface area contributed by atoms with Gasteiger partial charge in [-0.2, -0.15) is 0 Å². The van der Waals surface area contributed by atoms with Gasteiger partial charge in [0.25, 0.3) is 11.5 Å². The third kappa shape index (κ3) is 2.76. The number of nitrogens with one attached hydrogen (secondary N) is 1. The van der Waals surface area contributed by atoms with Gasteiger partial charge in [0.1, 0.15) is 0 Å². The number of amides is 1. The van der Waals surface area contributed by atoms with E-state index in [0.717, 1.165) is 0 Å². The number of carbonyl (C=O) groups excluding carboxylic acids is 1. The highest BCUT2D eigenvalue weighted by atomic mass is 32.1. The quantitative estimate of drug-likeness (QED) is 0.883. The number of hydrogen-bond donors (Lipinski definition) is 1. The summed E-state index contributed by atoms with van der Waals surface area (Å²) < 4.78 is 1.88. The molecule has 0 unspecified atom stereocenters. The van der Waals surface area contributed by atoms with Crippen molar-refractivity contribution in [2.75, 3.05) is 13.1 Å². The number of nitrogens with zero attached hydrogens (tertiary/aromatic N) is 2. The molecule has 0 radical (unpaired) electrons. The van der Waals surface area contributed by atoms with Gasteiger partial charge in [0, 0.05) is 25.2 Å². The Balaban J connectivity index is 2.61. The predicted molar refractivity (Wildman–Crippen MR) is 86.3 cm³/mol. The average molecular weight is 305 g/mol. The molecule has 0 saturated heterocycles. The summed E-state index contributed by atoms with van der Waals surface area (Å²) in [5.41, 5.74) is 1.04. The lowest BCUT2D eigenvalue weighted by atomic mass is 10.1. The maximum Gasteiger partial charge on any atom is 0.262 e. The van der Waals surface area contributed by atoms with Gasteiger partial charge in [-0.1, -0.05) is 0 Å². The van der Waals surface area contributed by atoms with Crippen LogP contribution in [0.2, 0.25) is 0 Å². The molecule has 1 N–H and O–H groups in total. The van der Waals surface area contributed by atoms with Crippen molar-refractivity contribution in [3.05, 3.63) is 38.9 Å². The van der Waals surface area contributed by atoms with Gasteiger partial charge in [-0.15, -0.1) is 0 Å². The van der Waals surface area contributed by atoms with Crippen molar-refractivity contribution in [3.8, 4) is 0 Å². The van der Waals surface area contributed by atoms with E-state index in [1.54, 1.807) is 23.1 Å². The number of carbonyl (C=O) groups is 1. The Morgan fingerprint density at radius 1 is 1.29 bits per heavy atom. The van der Waals surface area contributed by atoms with E-state index >= 15 is 0 Å². The molecule has 0 bridgehead atoms. The lowest BCUT2D eigenvalue weighted by Crippen LogP contribution is -2.30. The molecule has 2 rings (SSSR count). The molecule has 0 aliphatic rings. The molecule has 1 amide bonds. The normalized spacial score (nSPS) is 10.8. The van der Waals surface area contributed by atoms with E-state index in [9.17, 15) is 9.59 Å². The molecule has 6 heteroatoms. The summed E-state index contributed by atoms with van der Waals surface area (Å²) in [6.45, 7) is 7.58. The van der Waals surface area contributed by atoms with Crippen LogP contribution in [0.15, 0.2) is 23.0 Å². The van der Waals surface area contributed by atoms with Crippen LogP contribution in [0.1, 0.15) is 31.1 Å². The van der Waals surface area contributed by atoms with Crippen LogP contribution in [0, 0.1) is 4.77 Å². The highest BCUT2D eigenvalue weighted by Crippen LogP contribution is 2.13. The monoisotopic (exact) mass is 305 g/mol. The number of rotatable bonds is 4. The molecule has 0 aliphatic heterocycles. The first-order valence-corrected chi connectivity index (χ1v) is 7.50. The van der Waals surface area contributed by atoms with Crippen molar-refractivity contribution in [1.82, 2.24) is 14.5 Å². The minimum Gasteiger partial charge on any atom is -0.339 e. The van der Waals surface area contributed by atoms with Gasteiger partial charge in [-0.05, 0) is 51.2 Å². The van der Waals surface area contributed by atoms with Gasteiger partial charge >= 0.3 is 0 Å². The zero-order valence-corrected chi connectivity index (χ0v) is 13.3. The molecule has 21 heavy (non-hydrogen) atoms. The van der Waals surface area contributed by atoms with Crippen LogP contribution in [-0.2, 0) is 6.54 Å². The summed E-state index contributed by atoms with van der Waals surface area (Å²) in [6, 6.07) is 5.08. The summed E-state index contributed by atoms with van der Waals surface area (Å²) in [4.78, 5) is 29.4. The van der Waals surface area contributed by atoms with Crippen LogP contribution in [0.3, 0.4) is 0 Å². The van der Waals surface area contributed by atoms with Crippen molar-refractivity contribution in [2.45, 2.75) is 27.3 Å². The lowest BCUT2D eigenvalue weighted by molar-refractivity contribution is 0.0773. The second kappa shape index (κ2) is 6.22. The minimum absolute atomic E-state index is 0.0408. The van der Waals surface area contributed by atoms with Crippen molar-refractivity contribution in [3.63, 3.8) is 0 Å². The molecule has 0 fully saturated rings. The molecular weight excluding hydrogens is 286 g/mol. The molecule has 0 saturated carbocycles. The largest absolute Gasteiger partial charge is 0.339 e. The molecule has 0 spiro atoms. The molecule has 5 nitrogen and oxygen atoms in total. The fourth-order valence-corrected chi connectivity index (χ4v) is 2.69. The van der Waals surface area contributed by atoms with Gasteiger partial charge in [-0.25, -0.2) is 0 Å². The summed E-state index contributed by atoms with van der Waals surface area (Å²) in [7, 11) is 0. The van der Waals surface area contributed by atoms with Crippen molar-refractivity contribution in [2.24, 2.45) is 0 Å². The zero-order chi connectivity index (χ0) is 15.6. The number of hydrogen-bond acceptors (Lipinski definition) is 3. The first-order chi connectivity index (χ1) is 10.0. The standard InChI is InChI=1S/C15H19N3O2S/c1-4-17(5-2)13(19)10-7-8-11-12(9-10)16-15(21)18(6-3)14(11)20/h7-9H,4-6H2,1-3H3,(H,16,21). The van der Waals surface area contributed by atoms with Crippen LogP contribution in [0.4, 0.5) is 0 Å². The predicted octanol–water partition coefficient (Wildman–Crippen LogP) is 2.56. The van der Waals surface area contributed by atoms with Crippen molar-refractivity contribution in [1.29, 1.82) is 0 Å². The smallest absolute Gasteiger partial charge is 0.262 e. The fourth-order valence-electron chi connectivity index (χ4n) is 2.37. The van der Waals surface area contributed by atoms with E-state index < -0.39 is 0 Å². The van der Waals surface area contributed by atoms with Gasteiger partial charge in [0.2, 0.25) is 0 Å². The molecule has 0 atom stereocenters. The number of benzene rings is 1. The van der Waals surface area contributed by atoms with Crippen LogP contribution < -0.4 is 5.56 Å². The lowest BCUT2D eigenvalue weighted by Gasteiger charge is -2.18. The zero-order valence-electron chi connectivity index (χ0n) is 12.5. The first-order valence-electron chi connectivity index (χ1n) is 7.09. The molecule has 0 aliphatic carbocycles. The summed E-state index contributed by atoms with van der Waals surface area (Å²) in [5.74, 6) is -0.0408. The van der Waals surface area contributed by atoms with Gasteiger partial charge in [-0.3, -0.25) is 14.2 Å². The average Bonchev–Trinajstić information content (AvgIpc) is 2.48. The molecule has 1 heterocycles. The Morgan fingerprint density at radius 3 is 2.52 bits per heavy atom. The molecule has 2 aromatic rings. The Bertz CT molecular complexity index is 788. The van der Waals surface area contributed by atoms with E-state index in [2.05, 4.69) is 4.98 Å². The highest BCUT2D eigenvalue weighted by Gasteiger charge is 2.14. The Morgan fingerprint density at radius 2 is 1.95 bits per heavy atom. The van der Waals surface area contributed by atoms with E-state index in [-0.39, 0.29) is 11.5 Å². The summed E-state index contributed by atoms with van der Waals surface area (Å²) in [5, 5.41) is 0.543. The van der Waals surface area contributed by atoms with E-state index in [1.165, 1.54) is 4.57 Å².